The summed E-state index contributed by atoms with van der Waals surface area (Å²) in [5.74, 6) is -0.590. The van der Waals surface area contributed by atoms with Gasteiger partial charge in [0.1, 0.15) is 11.4 Å². The lowest BCUT2D eigenvalue weighted by atomic mass is 10.2. The number of likely N-dealkylation sites (N-methyl/N-ethyl adjacent to an activating group) is 1. The molecule has 2 amide bonds. The van der Waals surface area contributed by atoms with Crippen LogP contribution in [0.15, 0.2) is 42.5 Å². The number of carbonyl (C=O) groups is 2. The number of benzene rings is 1. The van der Waals surface area contributed by atoms with Crippen LogP contribution in [-0.4, -0.2) is 59.8 Å². The molecule has 26 heavy (non-hydrogen) atoms. The molecular formula is C19H19N5O2. The molecule has 1 aliphatic rings. The highest BCUT2D eigenvalue weighted by atomic mass is 16.2. The minimum atomic E-state index is -0.423. The molecule has 2 aromatic rings. The number of carbonyl (C=O) groups excluding carboxylic acids is 2. The molecule has 0 aliphatic carbocycles. The Balaban J connectivity index is 1.73. The quantitative estimate of drug-likeness (QED) is 0.909. The lowest BCUT2D eigenvalue weighted by Gasteiger charge is -2.32. The molecule has 0 radical (unpaired) electrons. The summed E-state index contributed by atoms with van der Waals surface area (Å²) in [7, 11) is 2.02. The zero-order chi connectivity index (χ0) is 18.5. The van der Waals surface area contributed by atoms with Gasteiger partial charge in [-0.25, -0.2) is 4.98 Å². The number of nitriles is 1. The first-order valence-corrected chi connectivity index (χ1v) is 8.33. The first-order chi connectivity index (χ1) is 12.6. The molecule has 1 fully saturated rings. The Morgan fingerprint density at radius 3 is 2.50 bits per heavy atom. The van der Waals surface area contributed by atoms with E-state index >= 15 is 0 Å². The summed E-state index contributed by atoms with van der Waals surface area (Å²) in [5.41, 5.74) is 1.38. The molecule has 132 valence electrons. The average Bonchev–Trinajstić information content (AvgIpc) is 2.68. The van der Waals surface area contributed by atoms with Gasteiger partial charge in [-0.15, -0.1) is 0 Å². The Morgan fingerprint density at radius 2 is 1.77 bits per heavy atom. The van der Waals surface area contributed by atoms with Crippen LogP contribution >= 0.6 is 0 Å². The summed E-state index contributed by atoms with van der Waals surface area (Å²) in [6.07, 6.45) is 0. The third-order valence-electron chi connectivity index (χ3n) is 4.24. The second-order valence-electron chi connectivity index (χ2n) is 6.15. The van der Waals surface area contributed by atoms with Crippen LogP contribution in [0.3, 0.4) is 0 Å². The van der Waals surface area contributed by atoms with Gasteiger partial charge in [-0.3, -0.25) is 9.59 Å². The minimum Gasteiger partial charge on any atom is -0.335 e. The SMILES string of the molecule is CN1CCN(C(=O)c2cccc(C(=O)Nc3cccc(C#N)c3)n2)CC1. The maximum Gasteiger partial charge on any atom is 0.274 e. The molecule has 7 nitrogen and oxygen atoms in total. The van der Waals surface area contributed by atoms with Crippen LogP contribution in [-0.2, 0) is 0 Å². The molecule has 0 saturated carbocycles. The van der Waals surface area contributed by atoms with Gasteiger partial charge in [0.15, 0.2) is 0 Å². The lowest BCUT2D eigenvalue weighted by molar-refractivity contribution is 0.0658. The minimum absolute atomic E-state index is 0.160. The zero-order valence-electron chi connectivity index (χ0n) is 14.5. The summed E-state index contributed by atoms with van der Waals surface area (Å²) in [4.78, 5) is 33.2. The first-order valence-electron chi connectivity index (χ1n) is 8.33. The number of hydrogen-bond acceptors (Lipinski definition) is 5. The van der Waals surface area contributed by atoms with Crippen LogP contribution in [0.2, 0.25) is 0 Å². The molecule has 0 unspecified atom stereocenters. The highest BCUT2D eigenvalue weighted by Gasteiger charge is 2.22. The fraction of sp³-hybridized carbons (Fsp3) is 0.263. The Labute approximate surface area is 151 Å². The first kappa shape index (κ1) is 17.6. The summed E-state index contributed by atoms with van der Waals surface area (Å²) >= 11 is 0. The van der Waals surface area contributed by atoms with Crippen molar-refractivity contribution >= 4 is 17.5 Å². The molecule has 1 N–H and O–H groups in total. The number of pyridine rings is 1. The van der Waals surface area contributed by atoms with E-state index in [9.17, 15) is 9.59 Å². The molecule has 0 atom stereocenters. The maximum absolute atomic E-state index is 12.6. The van der Waals surface area contributed by atoms with E-state index in [2.05, 4.69) is 15.2 Å². The maximum atomic E-state index is 12.6. The monoisotopic (exact) mass is 349 g/mol. The van der Waals surface area contributed by atoms with Crippen molar-refractivity contribution in [3.05, 3.63) is 59.4 Å². The van der Waals surface area contributed by atoms with E-state index in [1.165, 1.54) is 0 Å². The summed E-state index contributed by atoms with van der Waals surface area (Å²) in [6.45, 7) is 2.94. The van der Waals surface area contributed by atoms with Gasteiger partial charge >= 0.3 is 0 Å². The van der Waals surface area contributed by atoms with E-state index in [0.717, 1.165) is 13.1 Å². The zero-order valence-corrected chi connectivity index (χ0v) is 14.5. The fourth-order valence-electron chi connectivity index (χ4n) is 2.71. The van der Waals surface area contributed by atoms with E-state index in [0.29, 0.717) is 24.3 Å². The van der Waals surface area contributed by atoms with Crippen LogP contribution in [0.1, 0.15) is 26.5 Å². The van der Waals surface area contributed by atoms with Crippen LogP contribution in [0.5, 0.6) is 0 Å². The average molecular weight is 349 g/mol. The fourth-order valence-corrected chi connectivity index (χ4v) is 2.71. The Morgan fingerprint density at radius 1 is 1.08 bits per heavy atom. The molecule has 0 spiro atoms. The number of amides is 2. The number of aromatic nitrogens is 1. The van der Waals surface area contributed by atoms with Crippen LogP contribution < -0.4 is 5.32 Å². The number of hydrogen-bond donors (Lipinski definition) is 1. The van der Waals surface area contributed by atoms with Crippen molar-refractivity contribution in [1.29, 1.82) is 5.26 Å². The number of anilines is 1. The molecular weight excluding hydrogens is 330 g/mol. The van der Waals surface area contributed by atoms with E-state index in [-0.39, 0.29) is 17.3 Å². The van der Waals surface area contributed by atoms with Crippen LogP contribution in [0, 0.1) is 11.3 Å². The summed E-state index contributed by atoms with van der Waals surface area (Å²) in [6, 6.07) is 13.5. The molecule has 1 saturated heterocycles. The molecule has 3 rings (SSSR count). The Bertz CT molecular complexity index is 866. The number of rotatable bonds is 3. The van der Waals surface area contributed by atoms with Gasteiger partial charge in [0.05, 0.1) is 11.6 Å². The number of piperazine rings is 1. The van der Waals surface area contributed by atoms with Crippen molar-refractivity contribution in [3.63, 3.8) is 0 Å². The highest BCUT2D eigenvalue weighted by Crippen LogP contribution is 2.12. The van der Waals surface area contributed by atoms with Crippen LogP contribution in [0.25, 0.3) is 0 Å². The molecule has 1 aromatic carbocycles. The Kier molecular flexibility index (Phi) is 5.25. The molecule has 1 aromatic heterocycles. The number of nitrogens with one attached hydrogen (secondary N) is 1. The van der Waals surface area contributed by atoms with Gasteiger partial charge in [0.2, 0.25) is 0 Å². The predicted molar refractivity (Wildman–Crippen MR) is 96.7 cm³/mol. The summed E-state index contributed by atoms with van der Waals surface area (Å²) < 4.78 is 0. The lowest BCUT2D eigenvalue weighted by Crippen LogP contribution is -2.47. The topological polar surface area (TPSA) is 89.3 Å². The largest absolute Gasteiger partial charge is 0.335 e. The third-order valence-corrected chi connectivity index (χ3v) is 4.24. The molecule has 1 aliphatic heterocycles. The number of nitrogens with zero attached hydrogens (tertiary/aromatic N) is 4. The summed E-state index contributed by atoms with van der Waals surface area (Å²) in [5, 5.41) is 11.6. The second-order valence-corrected chi connectivity index (χ2v) is 6.15. The van der Waals surface area contributed by atoms with Gasteiger partial charge in [-0.2, -0.15) is 5.26 Å². The van der Waals surface area contributed by atoms with Crippen molar-refractivity contribution in [1.82, 2.24) is 14.8 Å². The van der Waals surface area contributed by atoms with E-state index in [1.54, 1.807) is 47.4 Å². The molecule has 0 bridgehead atoms. The predicted octanol–water partition coefficient (Wildman–Crippen LogP) is 1.59. The smallest absolute Gasteiger partial charge is 0.274 e. The van der Waals surface area contributed by atoms with E-state index < -0.39 is 5.91 Å². The van der Waals surface area contributed by atoms with Crippen molar-refractivity contribution in [2.45, 2.75) is 0 Å². The van der Waals surface area contributed by atoms with Gasteiger partial charge in [-0.1, -0.05) is 12.1 Å². The van der Waals surface area contributed by atoms with Crippen molar-refractivity contribution in [2.24, 2.45) is 0 Å². The standard InChI is InChI=1S/C19H19N5O2/c1-23-8-10-24(11-9-23)19(26)17-7-3-6-16(22-17)18(25)21-15-5-2-4-14(12-15)13-20/h2-7,12H,8-11H2,1H3,(H,21,25). The second kappa shape index (κ2) is 7.76. The third kappa shape index (κ3) is 4.05. The van der Waals surface area contributed by atoms with Gasteiger partial charge in [-0.05, 0) is 37.4 Å². The van der Waals surface area contributed by atoms with Crippen molar-refractivity contribution in [3.8, 4) is 6.07 Å². The van der Waals surface area contributed by atoms with Gasteiger partial charge < -0.3 is 15.1 Å². The highest BCUT2D eigenvalue weighted by molar-refractivity contribution is 6.03. The van der Waals surface area contributed by atoms with Gasteiger partial charge in [0.25, 0.3) is 11.8 Å². The molecule has 7 heteroatoms. The van der Waals surface area contributed by atoms with E-state index in [1.807, 2.05) is 13.1 Å². The molecule has 2 heterocycles. The Hall–Kier alpha value is -3.24. The normalized spacial score (nSPS) is 14.5. The van der Waals surface area contributed by atoms with Crippen molar-refractivity contribution in [2.75, 3.05) is 38.5 Å². The van der Waals surface area contributed by atoms with Crippen LogP contribution in [0.4, 0.5) is 5.69 Å². The van der Waals surface area contributed by atoms with E-state index in [4.69, 9.17) is 5.26 Å². The van der Waals surface area contributed by atoms with Crippen molar-refractivity contribution < 1.29 is 9.59 Å². The van der Waals surface area contributed by atoms with Gasteiger partial charge in [0, 0.05) is 31.9 Å².